The average Bonchev–Trinajstić information content (AvgIpc) is 3.42. The molecule has 6 rings (SSSR count). The lowest BCUT2D eigenvalue weighted by atomic mass is 9.87. The van der Waals surface area contributed by atoms with Gasteiger partial charge in [-0.15, -0.1) is 0 Å². The van der Waals surface area contributed by atoms with Crippen molar-refractivity contribution in [2.45, 2.75) is 88.9 Å². The van der Waals surface area contributed by atoms with Crippen LogP contribution in [0.25, 0.3) is 10.9 Å². The number of hydrogen-bond acceptors (Lipinski definition) is 8. The molecule has 38 heavy (non-hydrogen) atoms. The third-order valence-electron chi connectivity index (χ3n) is 8.52. The van der Waals surface area contributed by atoms with Crippen LogP contribution in [0.2, 0.25) is 5.15 Å². The number of hydrogen-bond donors (Lipinski definition) is 0. The van der Waals surface area contributed by atoms with E-state index in [1.54, 1.807) is 0 Å². The van der Waals surface area contributed by atoms with Crippen molar-refractivity contribution in [3.8, 4) is 6.01 Å². The zero-order chi connectivity index (χ0) is 26.7. The molecule has 2 bridgehead atoms. The molecule has 11 heteroatoms. The van der Waals surface area contributed by atoms with E-state index in [0.717, 1.165) is 45.2 Å². The Labute approximate surface area is 227 Å². The zero-order valence-corrected chi connectivity index (χ0v) is 23.1. The first-order valence-electron chi connectivity index (χ1n) is 13.8. The third kappa shape index (κ3) is 4.63. The van der Waals surface area contributed by atoms with E-state index in [9.17, 15) is 4.79 Å². The van der Waals surface area contributed by atoms with Gasteiger partial charge in [-0.2, -0.15) is 9.97 Å². The fraction of sp³-hybridized carbons (Fsp3) is 0.704. The summed E-state index contributed by atoms with van der Waals surface area (Å²) in [6.07, 6.45) is 8.74. The Morgan fingerprint density at radius 3 is 2.58 bits per heavy atom. The molecule has 206 valence electrons. The summed E-state index contributed by atoms with van der Waals surface area (Å²) in [6, 6.07) is 0.120. The lowest BCUT2D eigenvalue weighted by Gasteiger charge is -2.42. The number of ether oxygens (including phenoxy) is 2. The van der Waals surface area contributed by atoms with E-state index in [4.69, 9.17) is 26.1 Å². The summed E-state index contributed by atoms with van der Waals surface area (Å²) in [5.41, 5.74) is -0.447. The van der Waals surface area contributed by atoms with Crippen molar-refractivity contribution in [1.29, 1.82) is 0 Å². The number of nitrogens with zero attached hydrogens (tertiary/aromatic N) is 6. The second kappa shape index (κ2) is 9.62. The Bertz CT molecular complexity index is 1230. The smallest absolute Gasteiger partial charge is 0.410 e. The Morgan fingerprint density at radius 1 is 1.13 bits per heavy atom. The number of fused-ring (bicyclic) bond motifs is 4. The summed E-state index contributed by atoms with van der Waals surface area (Å²) in [6.45, 7) is 9.41. The van der Waals surface area contributed by atoms with E-state index in [-0.39, 0.29) is 40.4 Å². The molecule has 4 aliphatic rings. The number of anilines is 1. The van der Waals surface area contributed by atoms with Crippen LogP contribution in [0.5, 0.6) is 6.01 Å². The van der Waals surface area contributed by atoms with Gasteiger partial charge in [-0.25, -0.2) is 14.2 Å². The molecule has 0 N–H and O–H groups in total. The molecule has 0 spiro atoms. The molecule has 1 unspecified atom stereocenters. The largest absolute Gasteiger partial charge is 0.461 e. The maximum Gasteiger partial charge on any atom is 0.410 e. The summed E-state index contributed by atoms with van der Waals surface area (Å²) < 4.78 is 27.1. The molecule has 2 aromatic rings. The van der Waals surface area contributed by atoms with Crippen LogP contribution in [0.4, 0.5) is 15.0 Å². The SMILES string of the molecule is CC(C)(C)OC(=O)N1[C@@H]2CC[C@H]1CN(c1nc(OCC34CCCCN3CCC4)nc3c(F)c(Cl)ncc13)C2. The van der Waals surface area contributed by atoms with Crippen LogP contribution in [0.15, 0.2) is 6.20 Å². The number of amides is 1. The predicted octanol–water partition coefficient (Wildman–Crippen LogP) is 4.80. The quantitative estimate of drug-likeness (QED) is 0.506. The van der Waals surface area contributed by atoms with Gasteiger partial charge in [-0.1, -0.05) is 18.0 Å². The molecule has 4 saturated heterocycles. The number of carbonyl (C=O) groups excluding carboxylic acids is 1. The highest BCUT2D eigenvalue weighted by Gasteiger charge is 2.46. The number of piperidine rings is 1. The molecule has 9 nitrogen and oxygen atoms in total. The summed E-state index contributed by atoms with van der Waals surface area (Å²) >= 11 is 6.05. The first kappa shape index (κ1) is 25.8. The minimum atomic E-state index is -0.675. The first-order chi connectivity index (χ1) is 18.1. The van der Waals surface area contributed by atoms with E-state index in [2.05, 4.69) is 19.8 Å². The average molecular weight is 547 g/mol. The van der Waals surface area contributed by atoms with Crippen molar-refractivity contribution in [2.24, 2.45) is 0 Å². The van der Waals surface area contributed by atoms with Gasteiger partial charge in [-0.3, -0.25) is 9.80 Å². The number of rotatable bonds is 4. The van der Waals surface area contributed by atoms with Crippen LogP contribution in [0, 0.1) is 5.82 Å². The minimum Gasteiger partial charge on any atom is -0.461 e. The van der Waals surface area contributed by atoms with Crippen LogP contribution >= 0.6 is 11.6 Å². The molecule has 0 radical (unpaired) electrons. The number of pyridine rings is 1. The topological polar surface area (TPSA) is 83.9 Å². The lowest BCUT2D eigenvalue weighted by molar-refractivity contribution is 0.0122. The normalized spacial score (nSPS) is 27.6. The predicted molar refractivity (Wildman–Crippen MR) is 142 cm³/mol. The maximum atomic E-state index is 15.2. The Kier molecular flexibility index (Phi) is 6.53. The van der Waals surface area contributed by atoms with Gasteiger partial charge >= 0.3 is 12.1 Å². The molecule has 3 atom stereocenters. The van der Waals surface area contributed by atoms with E-state index in [1.165, 1.54) is 19.0 Å². The Balaban J connectivity index is 1.29. The lowest BCUT2D eigenvalue weighted by Crippen LogP contribution is -2.57. The number of aromatic nitrogens is 3. The van der Waals surface area contributed by atoms with E-state index < -0.39 is 11.4 Å². The Morgan fingerprint density at radius 2 is 1.84 bits per heavy atom. The minimum absolute atomic E-state index is 0.00329. The summed E-state index contributed by atoms with van der Waals surface area (Å²) in [5.74, 6) is -0.107. The van der Waals surface area contributed by atoms with Gasteiger partial charge in [0, 0.05) is 19.3 Å². The van der Waals surface area contributed by atoms with Crippen LogP contribution < -0.4 is 9.64 Å². The Hall–Kier alpha value is -2.46. The number of piperazine rings is 1. The van der Waals surface area contributed by atoms with Crippen molar-refractivity contribution < 1.29 is 18.7 Å². The fourth-order valence-corrected chi connectivity index (χ4v) is 6.95. The maximum absolute atomic E-state index is 15.2. The highest BCUT2D eigenvalue weighted by atomic mass is 35.5. The fourth-order valence-electron chi connectivity index (χ4n) is 6.81. The van der Waals surface area contributed by atoms with Gasteiger partial charge < -0.3 is 14.4 Å². The van der Waals surface area contributed by atoms with Crippen molar-refractivity contribution in [2.75, 3.05) is 37.7 Å². The van der Waals surface area contributed by atoms with Gasteiger partial charge in [0.15, 0.2) is 11.0 Å². The van der Waals surface area contributed by atoms with Crippen LogP contribution in [-0.4, -0.2) is 86.9 Å². The highest BCUT2D eigenvalue weighted by Crippen LogP contribution is 2.39. The molecule has 0 aliphatic carbocycles. The molecule has 4 aliphatic heterocycles. The third-order valence-corrected chi connectivity index (χ3v) is 8.78. The highest BCUT2D eigenvalue weighted by molar-refractivity contribution is 6.30. The molecule has 6 heterocycles. The monoisotopic (exact) mass is 546 g/mol. The van der Waals surface area contributed by atoms with Gasteiger partial charge in [-0.05, 0) is 72.4 Å². The van der Waals surface area contributed by atoms with Crippen molar-refractivity contribution in [3.63, 3.8) is 0 Å². The van der Waals surface area contributed by atoms with E-state index in [0.29, 0.717) is 30.9 Å². The second-order valence-electron chi connectivity index (χ2n) is 12.2. The molecule has 0 aromatic carbocycles. The summed E-state index contributed by atoms with van der Waals surface area (Å²) in [7, 11) is 0. The summed E-state index contributed by atoms with van der Waals surface area (Å²) in [4.78, 5) is 32.8. The number of carbonyl (C=O) groups is 1. The molecular weight excluding hydrogens is 511 g/mol. The summed E-state index contributed by atoms with van der Waals surface area (Å²) in [5, 5.41) is 0.262. The van der Waals surface area contributed by atoms with Crippen molar-refractivity contribution >= 4 is 34.4 Å². The second-order valence-corrected chi connectivity index (χ2v) is 12.6. The standard InChI is InChI=1S/C27H36ClFN6O3/c1-26(2,3)38-25(36)35-17-7-8-18(35)15-33(14-17)23-19-13-30-22(28)20(29)21(19)31-24(32-23)37-16-27-9-4-5-11-34(27)12-6-10-27/h13,17-18H,4-12,14-16H2,1-3H3/t17-,18+,27?. The van der Waals surface area contributed by atoms with Crippen molar-refractivity contribution in [3.05, 3.63) is 17.2 Å². The molecule has 2 aromatic heterocycles. The molecule has 0 saturated carbocycles. The molecule has 4 fully saturated rings. The van der Waals surface area contributed by atoms with Crippen molar-refractivity contribution in [1.82, 2.24) is 24.8 Å². The van der Waals surface area contributed by atoms with Crippen LogP contribution in [0.3, 0.4) is 0 Å². The van der Waals surface area contributed by atoms with Gasteiger partial charge in [0.1, 0.15) is 23.5 Å². The molecule has 1 amide bonds. The number of halogens is 2. The van der Waals surface area contributed by atoms with Gasteiger partial charge in [0.2, 0.25) is 0 Å². The van der Waals surface area contributed by atoms with Gasteiger partial charge in [0.25, 0.3) is 0 Å². The van der Waals surface area contributed by atoms with Crippen LogP contribution in [0.1, 0.15) is 65.7 Å². The van der Waals surface area contributed by atoms with E-state index >= 15 is 4.39 Å². The van der Waals surface area contributed by atoms with E-state index in [1.807, 2.05) is 25.7 Å². The van der Waals surface area contributed by atoms with Gasteiger partial charge in [0.05, 0.1) is 23.0 Å². The van der Waals surface area contributed by atoms with Crippen LogP contribution in [-0.2, 0) is 4.74 Å². The first-order valence-corrected chi connectivity index (χ1v) is 14.2. The molecular formula is C27H36ClFN6O3. The zero-order valence-electron chi connectivity index (χ0n) is 22.4.